The van der Waals surface area contributed by atoms with Crippen LogP contribution in [0.1, 0.15) is 25.7 Å². The van der Waals surface area contributed by atoms with Crippen molar-refractivity contribution in [3.05, 3.63) is 24.4 Å². The predicted molar refractivity (Wildman–Crippen MR) is 86.0 cm³/mol. The molecular weight excluding hydrogens is 280 g/mol. The average molecular weight is 302 g/mol. The molecule has 3 rings (SSSR count). The van der Waals surface area contributed by atoms with Crippen LogP contribution in [0, 0.1) is 0 Å². The van der Waals surface area contributed by atoms with E-state index in [0.29, 0.717) is 6.10 Å². The molecule has 1 fully saturated rings. The van der Waals surface area contributed by atoms with Crippen molar-refractivity contribution in [1.29, 1.82) is 0 Å². The van der Waals surface area contributed by atoms with Gasteiger partial charge in [0.1, 0.15) is 0 Å². The smallest absolute Gasteiger partial charge is 0.321 e. The van der Waals surface area contributed by atoms with Crippen LogP contribution in [0.2, 0.25) is 0 Å². The van der Waals surface area contributed by atoms with Gasteiger partial charge in [-0.05, 0) is 31.7 Å². The van der Waals surface area contributed by atoms with Crippen LogP contribution < -0.4 is 5.32 Å². The number of amides is 2. The Hall–Kier alpha value is -2.08. The van der Waals surface area contributed by atoms with Crippen LogP contribution >= 0.6 is 0 Å². The molecule has 0 saturated carbocycles. The monoisotopic (exact) mass is 302 g/mol. The maximum Gasteiger partial charge on any atom is 0.321 e. The molecule has 2 aromatic rings. The molecule has 6 nitrogen and oxygen atoms in total. The molecule has 0 radical (unpaired) electrons. The molecule has 2 heterocycles. The van der Waals surface area contributed by atoms with Crippen LogP contribution in [-0.4, -0.2) is 47.4 Å². The molecule has 0 aliphatic carbocycles. The predicted octanol–water partition coefficient (Wildman–Crippen LogP) is 2.99. The molecular formula is C16H22N4O2. The fourth-order valence-electron chi connectivity index (χ4n) is 2.81. The highest BCUT2D eigenvalue weighted by molar-refractivity contribution is 5.99. The summed E-state index contributed by atoms with van der Waals surface area (Å²) in [4.78, 5) is 14.0. The van der Waals surface area contributed by atoms with Gasteiger partial charge in [-0.25, -0.2) is 4.79 Å². The number of carbonyl (C=O) groups is 1. The van der Waals surface area contributed by atoms with Crippen molar-refractivity contribution < 1.29 is 9.53 Å². The third-order valence-electron chi connectivity index (χ3n) is 4.11. The highest BCUT2D eigenvalue weighted by atomic mass is 16.5. The van der Waals surface area contributed by atoms with Gasteiger partial charge in [-0.2, -0.15) is 5.10 Å². The number of aromatic amines is 1. The molecule has 1 atom stereocenters. The highest BCUT2D eigenvalue weighted by Crippen LogP contribution is 2.21. The van der Waals surface area contributed by atoms with E-state index in [-0.39, 0.29) is 6.03 Å². The third kappa shape index (κ3) is 3.39. The molecule has 0 bridgehead atoms. The number of aromatic nitrogens is 2. The minimum Gasteiger partial charge on any atom is -0.378 e. The number of fused-ring (bicyclic) bond motifs is 1. The van der Waals surface area contributed by atoms with Gasteiger partial charge in [0.25, 0.3) is 0 Å². The normalized spacial score (nSPS) is 17.8. The number of ether oxygens (including phenoxy) is 1. The Morgan fingerprint density at radius 3 is 3.27 bits per heavy atom. The Bertz CT molecular complexity index is 634. The van der Waals surface area contributed by atoms with Gasteiger partial charge in [0.05, 0.1) is 23.5 Å². The zero-order valence-corrected chi connectivity index (χ0v) is 12.8. The van der Waals surface area contributed by atoms with Gasteiger partial charge in [0, 0.05) is 25.6 Å². The summed E-state index contributed by atoms with van der Waals surface area (Å²) in [6.07, 6.45) is 6.43. The van der Waals surface area contributed by atoms with Gasteiger partial charge in [-0.3, -0.25) is 5.10 Å². The fraction of sp³-hybridized carbons (Fsp3) is 0.500. The quantitative estimate of drug-likeness (QED) is 0.892. The number of benzene rings is 1. The Morgan fingerprint density at radius 1 is 1.55 bits per heavy atom. The first kappa shape index (κ1) is 14.8. The minimum absolute atomic E-state index is 0.102. The largest absolute Gasteiger partial charge is 0.378 e. The summed E-state index contributed by atoms with van der Waals surface area (Å²) < 4.78 is 5.60. The molecule has 1 aromatic heterocycles. The molecule has 6 heteroatoms. The average Bonchev–Trinajstić information content (AvgIpc) is 3.18. The first-order valence-corrected chi connectivity index (χ1v) is 7.80. The summed E-state index contributed by atoms with van der Waals surface area (Å²) in [7, 11) is 1.82. The van der Waals surface area contributed by atoms with Crippen LogP contribution in [0.25, 0.3) is 10.9 Å². The van der Waals surface area contributed by atoms with Crippen LogP contribution in [0.4, 0.5) is 10.5 Å². The van der Waals surface area contributed by atoms with Crippen molar-refractivity contribution in [3.8, 4) is 0 Å². The lowest BCUT2D eigenvalue weighted by atomic mass is 10.1. The van der Waals surface area contributed by atoms with E-state index >= 15 is 0 Å². The van der Waals surface area contributed by atoms with Gasteiger partial charge in [-0.15, -0.1) is 0 Å². The molecule has 2 N–H and O–H groups in total. The van der Waals surface area contributed by atoms with Crippen molar-refractivity contribution in [2.75, 3.05) is 25.5 Å². The lowest BCUT2D eigenvalue weighted by Crippen LogP contribution is -2.32. The van der Waals surface area contributed by atoms with E-state index in [4.69, 9.17) is 4.74 Å². The van der Waals surface area contributed by atoms with E-state index in [9.17, 15) is 4.79 Å². The number of para-hydroxylation sites is 1. The molecule has 0 unspecified atom stereocenters. The molecule has 1 saturated heterocycles. The SMILES string of the molecule is CN(CCC[C@H]1CCCO1)C(=O)Nc1cccc2cn[nH]c12. The van der Waals surface area contributed by atoms with E-state index in [1.54, 1.807) is 11.1 Å². The lowest BCUT2D eigenvalue weighted by molar-refractivity contribution is 0.101. The highest BCUT2D eigenvalue weighted by Gasteiger charge is 2.16. The van der Waals surface area contributed by atoms with Crippen molar-refractivity contribution in [1.82, 2.24) is 15.1 Å². The number of nitrogens with zero attached hydrogens (tertiary/aromatic N) is 2. The molecule has 1 aromatic carbocycles. The second-order valence-electron chi connectivity index (χ2n) is 5.77. The number of anilines is 1. The molecule has 22 heavy (non-hydrogen) atoms. The number of hydrogen-bond acceptors (Lipinski definition) is 3. The molecule has 1 aliphatic heterocycles. The first-order valence-electron chi connectivity index (χ1n) is 7.80. The Morgan fingerprint density at radius 2 is 2.45 bits per heavy atom. The number of hydrogen-bond donors (Lipinski definition) is 2. The van der Waals surface area contributed by atoms with Crippen molar-refractivity contribution in [2.45, 2.75) is 31.8 Å². The first-order chi connectivity index (χ1) is 10.7. The number of urea groups is 1. The second kappa shape index (κ2) is 6.79. The van der Waals surface area contributed by atoms with E-state index in [2.05, 4.69) is 15.5 Å². The summed E-state index contributed by atoms with van der Waals surface area (Å²) in [5, 5.41) is 10.8. The van der Waals surface area contributed by atoms with Crippen molar-refractivity contribution in [3.63, 3.8) is 0 Å². The third-order valence-corrected chi connectivity index (χ3v) is 4.11. The topological polar surface area (TPSA) is 70.2 Å². The van der Waals surface area contributed by atoms with E-state index < -0.39 is 0 Å². The Kier molecular flexibility index (Phi) is 4.58. The van der Waals surface area contributed by atoms with Gasteiger partial charge in [0.15, 0.2) is 0 Å². The molecule has 2 amide bonds. The summed E-state index contributed by atoms with van der Waals surface area (Å²) in [5.41, 5.74) is 1.61. The molecule has 118 valence electrons. The second-order valence-corrected chi connectivity index (χ2v) is 5.77. The minimum atomic E-state index is -0.102. The number of H-pyrrole nitrogens is 1. The van der Waals surface area contributed by atoms with Gasteiger partial charge in [-0.1, -0.05) is 12.1 Å². The van der Waals surface area contributed by atoms with Gasteiger partial charge >= 0.3 is 6.03 Å². The Labute approximate surface area is 129 Å². The summed E-state index contributed by atoms with van der Waals surface area (Å²) in [6.45, 7) is 1.61. The molecule has 0 spiro atoms. The van der Waals surface area contributed by atoms with Crippen LogP contribution in [0.15, 0.2) is 24.4 Å². The van der Waals surface area contributed by atoms with Gasteiger partial charge < -0.3 is 15.0 Å². The van der Waals surface area contributed by atoms with Crippen molar-refractivity contribution in [2.24, 2.45) is 0 Å². The van der Waals surface area contributed by atoms with E-state index in [0.717, 1.165) is 55.4 Å². The lowest BCUT2D eigenvalue weighted by Gasteiger charge is -2.19. The maximum atomic E-state index is 12.3. The molecule has 1 aliphatic rings. The van der Waals surface area contributed by atoms with Crippen LogP contribution in [0.3, 0.4) is 0 Å². The van der Waals surface area contributed by atoms with E-state index in [1.165, 1.54) is 0 Å². The van der Waals surface area contributed by atoms with Crippen molar-refractivity contribution >= 4 is 22.6 Å². The Balaban J connectivity index is 1.51. The van der Waals surface area contributed by atoms with Gasteiger partial charge in [0.2, 0.25) is 0 Å². The summed E-state index contributed by atoms with van der Waals surface area (Å²) >= 11 is 0. The number of nitrogens with one attached hydrogen (secondary N) is 2. The fourth-order valence-corrected chi connectivity index (χ4v) is 2.81. The standard InChI is InChI=1S/C16H22N4O2/c1-20(9-3-6-13-7-4-10-22-13)16(21)18-14-8-2-5-12-11-17-19-15(12)14/h2,5,8,11,13H,3-4,6-7,9-10H2,1H3,(H,17,19)(H,18,21)/t13-/m0/s1. The van der Waals surface area contributed by atoms with E-state index in [1.807, 2.05) is 25.2 Å². The summed E-state index contributed by atoms with van der Waals surface area (Å²) in [5.74, 6) is 0. The maximum absolute atomic E-state index is 12.3. The summed E-state index contributed by atoms with van der Waals surface area (Å²) in [6, 6.07) is 5.64. The number of rotatable bonds is 5. The van der Waals surface area contributed by atoms with Crippen LogP contribution in [-0.2, 0) is 4.74 Å². The zero-order chi connectivity index (χ0) is 15.4. The number of carbonyl (C=O) groups excluding carboxylic acids is 1. The zero-order valence-electron chi connectivity index (χ0n) is 12.8. The van der Waals surface area contributed by atoms with Crippen LogP contribution in [0.5, 0.6) is 0 Å².